The number of carbonyl (C=O) groups is 2. The molecule has 0 aliphatic carbocycles. The van der Waals surface area contributed by atoms with Gasteiger partial charge in [0.15, 0.2) is 0 Å². The molecular formula is C10H14N2O2. The fourth-order valence-electron chi connectivity index (χ4n) is 1.63. The number of nitriles is 1. The van der Waals surface area contributed by atoms with Crippen LogP contribution in [0.3, 0.4) is 0 Å². The number of hydrogen-bond donors (Lipinski definition) is 0. The number of carbonyl (C=O) groups excluding carboxylic acids is 2. The zero-order valence-electron chi connectivity index (χ0n) is 8.65. The van der Waals surface area contributed by atoms with E-state index in [1.54, 1.807) is 20.8 Å². The predicted molar refractivity (Wildman–Crippen MR) is 49.9 cm³/mol. The molecule has 4 nitrogen and oxygen atoms in total. The summed E-state index contributed by atoms with van der Waals surface area (Å²) in [5, 5.41) is 8.50. The second-order valence-electron chi connectivity index (χ2n) is 3.84. The van der Waals surface area contributed by atoms with Gasteiger partial charge in [0.25, 0.3) is 0 Å². The maximum Gasteiger partial charge on any atom is 0.233 e. The summed E-state index contributed by atoms with van der Waals surface area (Å²) in [6.45, 7) is 5.23. The van der Waals surface area contributed by atoms with Crippen molar-refractivity contribution in [2.24, 2.45) is 11.8 Å². The number of likely N-dealkylation sites (tertiary alicyclic amines) is 1. The summed E-state index contributed by atoms with van der Waals surface area (Å²) < 4.78 is 0. The zero-order valence-corrected chi connectivity index (χ0v) is 8.65. The van der Waals surface area contributed by atoms with Crippen LogP contribution in [-0.2, 0) is 9.59 Å². The lowest BCUT2D eigenvalue weighted by atomic mass is 10.00. The van der Waals surface area contributed by atoms with Crippen molar-refractivity contribution in [3.8, 4) is 6.07 Å². The molecule has 1 aliphatic heterocycles. The van der Waals surface area contributed by atoms with Crippen molar-refractivity contribution in [1.29, 1.82) is 5.26 Å². The second kappa shape index (κ2) is 3.79. The molecule has 3 atom stereocenters. The van der Waals surface area contributed by atoms with Gasteiger partial charge < -0.3 is 0 Å². The quantitative estimate of drug-likeness (QED) is 0.614. The summed E-state index contributed by atoms with van der Waals surface area (Å²) in [4.78, 5) is 24.5. The summed E-state index contributed by atoms with van der Waals surface area (Å²) in [5.41, 5.74) is 0. The summed E-state index contributed by atoms with van der Waals surface area (Å²) in [7, 11) is 0. The van der Waals surface area contributed by atoms with E-state index in [1.165, 1.54) is 4.90 Å². The highest BCUT2D eigenvalue weighted by atomic mass is 16.2. The monoisotopic (exact) mass is 194 g/mol. The normalized spacial score (nSPS) is 29.1. The molecule has 0 aromatic rings. The molecule has 1 saturated heterocycles. The topological polar surface area (TPSA) is 61.2 Å². The standard InChI is InChI=1S/C10H14N2O2/c1-6(4-5-11)12-9(13)7(2)8(3)10(12)14/h6-8H,4H2,1-3H3. The summed E-state index contributed by atoms with van der Waals surface area (Å²) in [6.07, 6.45) is 0.205. The number of amides is 2. The Morgan fingerprint density at radius 3 is 2.14 bits per heavy atom. The Kier molecular flexibility index (Phi) is 2.90. The Bertz CT molecular complexity index is 286. The van der Waals surface area contributed by atoms with Crippen LogP contribution in [0.15, 0.2) is 0 Å². The van der Waals surface area contributed by atoms with Crippen molar-refractivity contribution >= 4 is 11.8 Å². The lowest BCUT2D eigenvalue weighted by Gasteiger charge is -2.20. The highest BCUT2D eigenvalue weighted by Crippen LogP contribution is 2.27. The minimum atomic E-state index is -0.299. The van der Waals surface area contributed by atoms with Gasteiger partial charge in [-0.3, -0.25) is 14.5 Å². The summed E-state index contributed by atoms with van der Waals surface area (Å²) >= 11 is 0. The third kappa shape index (κ3) is 1.50. The molecule has 0 aromatic heterocycles. The first-order valence-electron chi connectivity index (χ1n) is 4.74. The van der Waals surface area contributed by atoms with E-state index < -0.39 is 0 Å². The summed E-state index contributed by atoms with van der Waals surface area (Å²) in [5.74, 6) is -0.789. The van der Waals surface area contributed by atoms with Gasteiger partial charge in [0.05, 0.1) is 12.5 Å². The van der Waals surface area contributed by atoms with Gasteiger partial charge in [-0.05, 0) is 6.92 Å². The maximum absolute atomic E-state index is 11.6. The van der Waals surface area contributed by atoms with E-state index in [9.17, 15) is 9.59 Å². The predicted octanol–water partition coefficient (Wildman–Crippen LogP) is 0.930. The van der Waals surface area contributed by atoms with E-state index in [1.807, 2.05) is 6.07 Å². The van der Waals surface area contributed by atoms with Crippen LogP contribution in [0.25, 0.3) is 0 Å². The van der Waals surface area contributed by atoms with Crippen LogP contribution in [0.5, 0.6) is 0 Å². The Hall–Kier alpha value is -1.37. The molecule has 2 amide bonds. The van der Waals surface area contributed by atoms with Gasteiger partial charge in [0, 0.05) is 17.9 Å². The third-order valence-corrected chi connectivity index (χ3v) is 2.83. The number of hydrogen-bond acceptors (Lipinski definition) is 3. The van der Waals surface area contributed by atoms with Crippen LogP contribution in [0.4, 0.5) is 0 Å². The van der Waals surface area contributed by atoms with E-state index >= 15 is 0 Å². The molecule has 0 bridgehead atoms. The van der Waals surface area contributed by atoms with Crippen LogP contribution in [-0.4, -0.2) is 22.8 Å². The average Bonchev–Trinajstić information content (AvgIpc) is 2.32. The average molecular weight is 194 g/mol. The van der Waals surface area contributed by atoms with Gasteiger partial charge in [-0.25, -0.2) is 0 Å². The first kappa shape index (κ1) is 10.7. The molecule has 0 aromatic carbocycles. The van der Waals surface area contributed by atoms with Crippen LogP contribution in [0.2, 0.25) is 0 Å². The second-order valence-corrected chi connectivity index (χ2v) is 3.84. The number of imide groups is 1. The lowest BCUT2D eigenvalue weighted by Crippen LogP contribution is -2.38. The molecule has 1 rings (SSSR count). The van der Waals surface area contributed by atoms with Crippen molar-refractivity contribution in [2.75, 3.05) is 0 Å². The van der Waals surface area contributed by atoms with Gasteiger partial charge >= 0.3 is 0 Å². The maximum atomic E-state index is 11.6. The Morgan fingerprint density at radius 1 is 1.36 bits per heavy atom. The summed E-state index contributed by atoms with van der Waals surface area (Å²) in [6, 6.07) is 1.67. The molecule has 0 radical (unpaired) electrons. The Morgan fingerprint density at radius 2 is 1.79 bits per heavy atom. The van der Waals surface area contributed by atoms with Crippen molar-refractivity contribution in [3.63, 3.8) is 0 Å². The smallest absolute Gasteiger partial charge is 0.233 e. The third-order valence-electron chi connectivity index (χ3n) is 2.83. The molecule has 3 unspecified atom stereocenters. The van der Waals surface area contributed by atoms with Gasteiger partial charge in [-0.1, -0.05) is 13.8 Å². The molecule has 1 heterocycles. The molecular weight excluding hydrogens is 180 g/mol. The molecule has 76 valence electrons. The molecule has 0 spiro atoms. The van der Waals surface area contributed by atoms with E-state index in [0.29, 0.717) is 0 Å². The van der Waals surface area contributed by atoms with Crippen LogP contribution >= 0.6 is 0 Å². The first-order chi connectivity index (χ1) is 6.50. The van der Waals surface area contributed by atoms with Gasteiger partial charge in [0.1, 0.15) is 0 Å². The van der Waals surface area contributed by atoms with E-state index in [2.05, 4.69) is 0 Å². The van der Waals surface area contributed by atoms with Gasteiger partial charge in [-0.15, -0.1) is 0 Å². The highest BCUT2D eigenvalue weighted by molar-refractivity contribution is 6.05. The number of rotatable bonds is 2. The van der Waals surface area contributed by atoms with Crippen molar-refractivity contribution in [2.45, 2.75) is 33.2 Å². The molecule has 0 N–H and O–H groups in total. The minimum absolute atomic E-state index is 0.148. The number of nitrogens with zero attached hydrogens (tertiary/aromatic N) is 2. The molecule has 1 fully saturated rings. The molecule has 1 aliphatic rings. The molecule has 0 saturated carbocycles. The first-order valence-corrected chi connectivity index (χ1v) is 4.74. The SMILES string of the molecule is CC1C(=O)N(C(C)CC#N)C(=O)C1C. The fourth-order valence-corrected chi connectivity index (χ4v) is 1.63. The molecule has 4 heteroatoms. The van der Waals surface area contributed by atoms with Gasteiger partial charge in [0.2, 0.25) is 11.8 Å². The van der Waals surface area contributed by atoms with E-state index in [0.717, 1.165) is 0 Å². The van der Waals surface area contributed by atoms with E-state index in [4.69, 9.17) is 5.26 Å². The highest BCUT2D eigenvalue weighted by Gasteiger charge is 2.44. The van der Waals surface area contributed by atoms with Crippen LogP contribution < -0.4 is 0 Å². The van der Waals surface area contributed by atoms with Crippen molar-refractivity contribution in [3.05, 3.63) is 0 Å². The van der Waals surface area contributed by atoms with E-state index in [-0.39, 0.29) is 36.1 Å². The minimum Gasteiger partial charge on any atom is -0.278 e. The van der Waals surface area contributed by atoms with Gasteiger partial charge in [-0.2, -0.15) is 5.26 Å². The zero-order chi connectivity index (χ0) is 10.9. The fraction of sp³-hybridized carbons (Fsp3) is 0.700. The lowest BCUT2D eigenvalue weighted by molar-refractivity contribution is -0.142. The largest absolute Gasteiger partial charge is 0.278 e. The molecule has 14 heavy (non-hydrogen) atoms. The Balaban J connectivity index is 2.86. The van der Waals surface area contributed by atoms with Crippen molar-refractivity contribution in [1.82, 2.24) is 4.90 Å². The Labute approximate surface area is 83.5 Å². The van der Waals surface area contributed by atoms with Crippen LogP contribution in [0, 0.1) is 23.2 Å². The van der Waals surface area contributed by atoms with Crippen molar-refractivity contribution < 1.29 is 9.59 Å². The van der Waals surface area contributed by atoms with Crippen LogP contribution in [0.1, 0.15) is 27.2 Å².